The molecule has 27 heavy (non-hydrogen) atoms. The average molecular weight is 406 g/mol. The lowest BCUT2D eigenvalue weighted by atomic mass is 9.98. The molecule has 1 saturated heterocycles. The Hall–Kier alpha value is -1.98. The summed E-state index contributed by atoms with van der Waals surface area (Å²) in [6.07, 6.45) is -6.61. The molecule has 0 aliphatic carbocycles. The number of hydrogen-bond acceptors (Lipinski definition) is 10. The van der Waals surface area contributed by atoms with Crippen molar-refractivity contribution in [2.75, 3.05) is 7.11 Å². The average Bonchev–Trinajstić information content (AvgIpc) is 2.49. The highest BCUT2D eigenvalue weighted by Crippen LogP contribution is 2.31. The van der Waals surface area contributed by atoms with Crippen LogP contribution in [0.4, 0.5) is 0 Å². The Bertz CT molecular complexity index is 584. The van der Waals surface area contributed by atoms with E-state index >= 15 is 0 Å². The van der Waals surface area contributed by atoms with Gasteiger partial charge in [0.25, 0.3) is 0 Å². The van der Waals surface area contributed by atoms with Crippen LogP contribution in [0.1, 0.15) is 20.8 Å². The first-order chi connectivity index (χ1) is 12.4. The fraction of sp³-hybridized carbons (Fsp3) is 0.750. The maximum absolute atomic E-state index is 12.2. The highest BCUT2D eigenvalue weighted by molar-refractivity contribution is 6.69. The Kier molecular flexibility index (Phi) is 7.93. The minimum absolute atomic E-state index is 0.692. The van der Waals surface area contributed by atoms with Gasteiger partial charge in [-0.15, -0.1) is 0 Å². The summed E-state index contributed by atoms with van der Waals surface area (Å²) in [6, 6.07) is 0. The lowest BCUT2D eigenvalue weighted by Crippen LogP contribution is -2.64. The molecule has 1 aliphatic heterocycles. The van der Waals surface area contributed by atoms with Gasteiger partial charge in [-0.05, 0) is 19.6 Å². The number of carbonyl (C=O) groups is 4. The molecule has 1 fully saturated rings. The summed E-state index contributed by atoms with van der Waals surface area (Å²) in [7, 11) is -1.12. The molecule has 5 atom stereocenters. The van der Waals surface area contributed by atoms with Crippen molar-refractivity contribution in [1.82, 2.24) is 0 Å². The standard InChI is InChI=1S/C16H26O10Si/c1-8(17)22-11-12(23-9(2)18)14(24-10(3)19)16(26-27(5,6)7)25-13(11)15(20)21-4/h11-14,16H,1-7H3/t11-,12-,13-,14+,16?/m0/s1. The van der Waals surface area contributed by atoms with E-state index in [1.165, 1.54) is 0 Å². The number of hydrogen-bond donors (Lipinski definition) is 0. The van der Waals surface area contributed by atoms with Crippen LogP contribution in [0, 0.1) is 0 Å². The van der Waals surface area contributed by atoms with Crippen LogP contribution >= 0.6 is 0 Å². The Morgan fingerprint density at radius 1 is 0.778 bits per heavy atom. The fourth-order valence-electron chi connectivity index (χ4n) is 2.52. The molecule has 0 aromatic heterocycles. The van der Waals surface area contributed by atoms with Gasteiger partial charge in [0.2, 0.25) is 0 Å². The van der Waals surface area contributed by atoms with Crippen LogP contribution in [-0.4, -0.2) is 70.0 Å². The molecule has 0 amide bonds. The maximum atomic E-state index is 12.2. The second-order valence-corrected chi connectivity index (χ2v) is 11.4. The second-order valence-electron chi connectivity index (χ2n) is 6.90. The van der Waals surface area contributed by atoms with E-state index in [0.29, 0.717) is 0 Å². The molecule has 1 heterocycles. The molecule has 154 valence electrons. The zero-order valence-electron chi connectivity index (χ0n) is 16.5. The molecule has 0 saturated carbocycles. The van der Waals surface area contributed by atoms with E-state index in [-0.39, 0.29) is 0 Å². The minimum atomic E-state index is -2.25. The topological polar surface area (TPSA) is 124 Å². The number of rotatable bonds is 6. The maximum Gasteiger partial charge on any atom is 0.339 e. The van der Waals surface area contributed by atoms with Crippen molar-refractivity contribution >= 4 is 32.2 Å². The van der Waals surface area contributed by atoms with Gasteiger partial charge < -0.3 is 28.1 Å². The third kappa shape index (κ3) is 6.92. The summed E-state index contributed by atoms with van der Waals surface area (Å²) in [5.41, 5.74) is 0. The summed E-state index contributed by atoms with van der Waals surface area (Å²) >= 11 is 0. The summed E-state index contributed by atoms with van der Waals surface area (Å²) in [4.78, 5) is 46.9. The summed E-state index contributed by atoms with van der Waals surface area (Å²) in [5.74, 6) is -3.03. The molecule has 11 heteroatoms. The van der Waals surface area contributed by atoms with Crippen LogP contribution in [0.15, 0.2) is 0 Å². The molecule has 0 bridgehead atoms. The van der Waals surface area contributed by atoms with Crippen molar-refractivity contribution in [2.24, 2.45) is 0 Å². The summed E-state index contributed by atoms with van der Waals surface area (Å²) < 4.78 is 31.9. The smallest absolute Gasteiger partial charge is 0.339 e. The minimum Gasteiger partial charge on any atom is -0.467 e. The van der Waals surface area contributed by atoms with E-state index in [2.05, 4.69) is 0 Å². The number of esters is 4. The first-order valence-corrected chi connectivity index (χ1v) is 11.7. The van der Waals surface area contributed by atoms with E-state index in [1.54, 1.807) is 0 Å². The zero-order valence-corrected chi connectivity index (χ0v) is 17.5. The Morgan fingerprint density at radius 3 is 1.63 bits per heavy atom. The van der Waals surface area contributed by atoms with Gasteiger partial charge in [-0.1, -0.05) is 0 Å². The molecule has 1 aliphatic rings. The molecule has 0 aromatic rings. The number of methoxy groups -OCH3 is 1. The van der Waals surface area contributed by atoms with Gasteiger partial charge in [-0.25, -0.2) is 4.79 Å². The van der Waals surface area contributed by atoms with E-state index in [0.717, 1.165) is 27.9 Å². The molecule has 0 radical (unpaired) electrons. The first-order valence-electron chi connectivity index (χ1n) is 8.28. The summed E-state index contributed by atoms with van der Waals surface area (Å²) in [6.45, 7) is 8.97. The van der Waals surface area contributed by atoms with Gasteiger partial charge in [-0.2, -0.15) is 0 Å². The van der Waals surface area contributed by atoms with Crippen LogP contribution in [0.2, 0.25) is 19.6 Å². The lowest BCUT2D eigenvalue weighted by Gasteiger charge is -2.44. The van der Waals surface area contributed by atoms with Gasteiger partial charge in [0.05, 0.1) is 7.11 Å². The predicted molar refractivity (Wildman–Crippen MR) is 91.8 cm³/mol. The molecule has 1 unspecified atom stereocenters. The normalized spacial score (nSPS) is 28.0. The predicted octanol–water partition coefficient (Wildman–Crippen LogP) is 0.531. The van der Waals surface area contributed by atoms with Gasteiger partial charge in [0, 0.05) is 20.8 Å². The van der Waals surface area contributed by atoms with Gasteiger partial charge in [-0.3, -0.25) is 14.4 Å². The Morgan fingerprint density at radius 2 is 1.22 bits per heavy atom. The van der Waals surface area contributed by atoms with E-state index in [1.807, 2.05) is 19.6 Å². The zero-order chi connectivity index (χ0) is 20.9. The quantitative estimate of drug-likeness (QED) is 0.350. The van der Waals surface area contributed by atoms with Gasteiger partial charge in [0.1, 0.15) is 0 Å². The third-order valence-corrected chi connectivity index (χ3v) is 4.24. The first kappa shape index (κ1) is 23.1. The fourth-order valence-corrected chi connectivity index (χ4v) is 3.41. The number of ether oxygens (including phenoxy) is 5. The van der Waals surface area contributed by atoms with E-state index in [4.69, 9.17) is 28.1 Å². The largest absolute Gasteiger partial charge is 0.467 e. The van der Waals surface area contributed by atoms with E-state index in [9.17, 15) is 19.2 Å². The van der Waals surface area contributed by atoms with Crippen molar-refractivity contribution < 1.29 is 47.3 Å². The second kappa shape index (κ2) is 9.29. The van der Waals surface area contributed by atoms with Crippen LogP contribution in [0.5, 0.6) is 0 Å². The molecule has 0 N–H and O–H groups in total. The molecule has 0 aromatic carbocycles. The van der Waals surface area contributed by atoms with Gasteiger partial charge in [0.15, 0.2) is 39.0 Å². The van der Waals surface area contributed by atoms with Crippen molar-refractivity contribution in [3.05, 3.63) is 0 Å². The van der Waals surface area contributed by atoms with Crippen LogP contribution in [0.25, 0.3) is 0 Å². The molecule has 0 spiro atoms. The summed E-state index contributed by atoms with van der Waals surface area (Å²) in [5, 5.41) is 0. The van der Waals surface area contributed by atoms with E-state index < -0.39 is 62.9 Å². The van der Waals surface area contributed by atoms with Crippen LogP contribution in [0.3, 0.4) is 0 Å². The highest BCUT2D eigenvalue weighted by atomic mass is 28.4. The van der Waals surface area contributed by atoms with Crippen LogP contribution in [-0.2, 0) is 47.3 Å². The number of carbonyl (C=O) groups excluding carboxylic acids is 4. The van der Waals surface area contributed by atoms with Crippen molar-refractivity contribution in [3.8, 4) is 0 Å². The van der Waals surface area contributed by atoms with Crippen molar-refractivity contribution in [2.45, 2.75) is 71.1 Å². The van der Waals surface area contributed by atoms with Gasteiger partial charge >= 0.3 is 23.9 Å². The highest BCUT2D eigenvalue weighted by Gasteiger charge is 2.55. The van der Waals surface area contributed by atoms with Crippen LogP contribution < -0.4 is 0 Å². The molecular formula is C16H26O10Si. The molecule has 1 rings (SSSR count). The lowest BCUT2D eigenvalue weighted by molar-refractivity contribution is -0.284. The SMILES string of the molecule is COC(=O)[C@H]1OC(O[Si](C)(C)C)[C@H](OC(C)=O)[C@@H](OC(C)=O)[C@@H]1OC(C)=O. The molecular weight excluding hydrogens is 380 g/mol. The van der Waals surface area contributed by atoms with Crippen molar-refractivity contribution in [3.63, 3.8) is 0 Å². The third-order valence-electron chi connectivity index (χ3n) is 3.30. The van der Waals surface area contributed by atoms with Crippen molar-refractivity contribution in [1.29, 1.82) is 0 Å². The Balaban J connectivity index is 3.40. The molecule has 10 nitrogen and oxygen atoms in total. The Labute approximate surface area is 158 Å². The monoisotopic (exact) mass is 406 g/mol.